The molecular weight excluding hydrogens is 364 g/mol. The second-order valence-electron chi connectivity index (χ2n) is 8.95. The van der Waals surface area contributed by atoms with Crippen molar-refractivity contribution >= 4 is 22.8 Å². The van der Waals surface area contributed by atoms with Gasteiger partial charge in [-0.3, -0.25) is 9.59 Å². The van der Waals surface area contributed by atoms with E-state index in [-0.39, 0.29) is 11.8 Å². The lowest BCUT2D eigenvalue weighted by Crippen LogP contribution is -2.38. The molecule has 1 unspecified atom stereocenters. The summed E-state index contributed by atoms with van der Waals surface area (Å²) in [6.07, 6.45) is 5.80. The van der Waals surface area contributed by atoms with E-state index < -0.39 is 0 Å². The molecule has 29 heavy (non-hydrogen) atoms. The molecule has 1 aromatic heterocycles. The second-order valence-corrected chi connectivity index (χ2v) is 8.95. The summed E-state index contributed by atoms with van der Waals surface area (Å²) >= 11 is 0. The predicted octanol–water partition coefficient (Wildman–Crippen LogP) is 2.85. The van der Waals surface area contributed by atoms with Crippen molar-refractivity contribution < 1.29 is 9.59 Å². The van der Waals surface area contributed by atoms with E-state index in [0.717, 1.165) is 49.2 Å². The SMILES string of the molecule is CCc1nc2ccccc2n1CCC(=O)N1CCCN(C(=O)C2CC23CC3)CC1. The Bertz CT molecular complexity index is 946. The van der Waals surface area contributed by atoms with Gasteiger partial charge in [0.2, 0.25) is 11.8 Å². The Kier molecular flexibility index (Phi) is 4.60. The zero-order valence-electron chi connectivity index (χ0n) is 17.3. The number of hydrogen-bond donors (Lipinski definition) is 0. The molecule has 0 bridgehead atoms. The number of aromatic nitrogens is 2. The molecule has 3 fully saturated rings. The summed E-state index contributed by atoms with van der Waals surface area (Å²) in [7, 11) is 0. The summed E-state index contributed by atoms with van der Waals surface area (Å²) in [5, 5.41) is 0. The number of nitrogens with zero attached hydrogens (tertiary/aromatic N) is 4. The van der Waals surface area contributed by atoms with Gasteiger partial charge in [-0.1, -0.05) is 19.1 Å². The molecule has 2 saturated carbocycles. The lowest BCUT2D eigenvalue weighted by molar-refractivity contribution is -0.134. The minimum Gasteiger partial charge on any atom is -0.341 e. The van der Waals surface area contributed by atoms with Gasteiger partial charge in [-0.2, -0.15) is 0 Å². The van der Waals surface area contributed by atoms with Gasteiger partial charge in [-0.05, 0) is 43.2 Å². The molecule has 1 aliphatic heterocycles. The molecule has 0 radical (unpaired) electrons. The highest BCUT2D eigenvalue weighted by atomic mass is 16.2. The number of benzene rings is 1. The van der Waals surface area contributed by atoms with Gasteiger partial charge < -0.3 is 14.4 Å². The standard InChI is InChI=1S/C23H30N4O2/c1-2-20-24-18-6-3-4-7-19(18)27(20)13-8-21(28)25-11-5-12-26(15-14-25)22(29)17-16-23(17)9-10-23/h3-4,6-7,17H,2,5,8-16H2,1H3. The van der Waals surface area contributed by atoms with Crippen molar-refractivity contribution in [1.82, 2.24) is 19.4 Å². The summed E-state index contributed by atoms with van der Waals surface area (Å²) in [5.74, 6) is 1.84. The zero-order valence-corrected chi connectivity index (χ0v) is 17.3. The molecule has 6 heteroatoms. The van der Waals surface area contributed by atoms with Crippen LogP contribution in [0.2, 0.25) is 0 Å². The highest BCUT2D eigenvalue weighted by Crippen LogP contribution is 2.70. The third-order valence-electron chi connectivity index (χ3n) is 7.14. The maximum absolute atomic E-state index is 12.9. The van der Waals surface area contributed by atoms with Crippen LogP contribution in [-0.2, 0) is 22.6 Å². The molecule has 2 amide bonds. The van der Waals surface area contributed by atoms with Gasteiger partial charge in [0.15, 0.2) is 0 Å². The molecule has 6 nitrogen and oxygen atoms in total. The zero-order chi connectivity index (χ0) is 20.0. The monoisotopic (exact) mass is 394 g/mol. The topological polar surface area (TPSA) is 58.4 Å². The van der Waals surface area contributed by atoms with Crippen LogP contribution in [0.5, 0.6) is 0 Å². The molecule has 3 aliphatic rings. The van der Waals surface area contributed by atoms with Crippen LogP contribution in [0.15, 0.2) is 24.3 Å². The first-order valence-corrected chi connectivity index (χ1v) is 11.1. The van der Waals surface area contributed by atoms with Crippen LogP contribution < -0.4 is 0 Å². The summed E-state index contributed by atoms with van der Waals surface area (Å²) in [4.78, 5) is 34.3. The first-order chi connectivity index (χ1) is 14.1. The Hall–Kier alpha value is -2.37. The third kappa shape index (κ3) is 3.43. The molecule has 154 valence electrons. The van der Waals surface area contributed by atoms with E-state index >= 15 is 0 Å². The quantitative estimate of drug-likeness (QED) is 0.784. The predicted molar refractivity (Wildman–Crippen MR) is 111 cm³/mol. The van der Waals surface area contributed by atoms with Crippen molar-refractivity contribution in [3.05, 3.63) is 30.1 Å². The van der Waals surface area contributed by atoms with Gasteiger partial charge in [0.25, 0.3) is 0 Å². The first-order valence-electron chi connectivity index (χ1n) is 11.1. The van der Waals surface area contributed by atoms with E-state index in [2.05, 4.69) is 17.6 Å². The van der Waals surface area contributed by atoms with Crippen LogP contribution in [0, 0.1) is 11.3 Å². The van der Waals surface area contributed by atoms with Crippen molar-refractivity contribution in [2.45, 2.75) is 52.0 Å². The van der Waals surface area contributed by atoms with Gasteiger partial charge >= 0.3 is 0 Å². The molecular formula is C23H30N4O2. The van der Waals surface area contributed by atoms with Crippen molar-refractivity contribution in [3.8, 4) is 0 Å². The maximum atomic E-state index is 12.9. The van der Waals surface area contributed by atoms with Gasteiger partial charge in [0, 0.05) is 51.5 Å². The van der Waals surface area contributed by atoms with Crippen molar-refractivity contribution in [1.29, 1.82) is 0 Å². The maximum Gasteiger partial charge on any atom is 0.226 e. The van der Waals surface area contributed by atoms with Crippen LogP contribution in [0.1, 0.15) is 44.9 Å². The van der Waals surface area contributed by atoms with E-state index in [0.29, 0.717) is 37.4 Å². The van der Waals surface area contributed by atoms with Crippen molar-refractivity contribution in [2.75, 3.05) is 26.2 Å². The van der Waals surface area contributed by atoms with Crippen LogP contribution in [0.3, 0.4) is 0 Å². The number of rotatable bonds is 5. The minimum absolute atomic E-state index is 0.184. The fourth-order valence-corrected chi connectivity index (χ4v) is 5.03. The summed E-state index contributed by atoms with van der Waals surface area (Å²) in [5.41, 5.74) is 2.50. The molecule has 1 atom stereocenters. The molecule has 5 rings (SSSR count). The summed E-state index contributed by atoms with van der Waals surface area (Å²) < 4.78 is 2.18. The van der Waals surface area contributed by atoms with Crippen LogP contribution in [-0.4, -0.2) is 57.3 Å². The summed E-state index contributed by atoms with van der Waals surface area (Å²) in [6.45, 7) is 5.66. The Morgan fingerprint density at radius 1 is 1.10 bits per heavy atom. The molecule has 2 heterocycles. The van der Waals surface area contributed by atoms with Gasteiger partial charge in [0.05, 0.1) is 11.0 Å². The van der Waals surface area contributed by atoms with E-state index in [1.807, 2.05) is 28.0 Å². The summed E-state index contributed by atoms with van der Waals surface area (Å²) in [6, 6.07) is 8.12. The Morgan fingerprint density at radius 3 is 2.62 bits per heavy atom. The number of hydrogen-bond acceptors (Lipinski definition) is 3. The smallest absolute Gasteiger partial charge is 0.226 e. The number of para-hydroxylation sites is 2. The van der Waals surface area contributed by atoms with Gasteiger partial charge in [-0.15, -0.1) is 0 Å². The molecule has 0 N–H and O–H groups in total. The number of imidazole rings is 1. The molecule has 2 aliphatic carbocycles. The Morgan fingerprint density at radius 2 is 1.86 bits per heavy atom. The number of amides is 2. The molecule has 1 saturated heterocycles. The highest BCUT2D eigenvalue weighted by Gasteiger charge is 2.66. The van der Waals surface area contributed by atoms with Gasteiger partial charge in [-0.25, -0.2) is 4.98 Å². The van der Waals surface area contributed by atoms with E-state index in [4.69, 9.17) is 4.98 Å². The fourth-order valence-electron chi connectivity index (χ4n) is 5.03. The molecule has 2 aromatic rings. The minimum atomic E-state index is 0.184. The largest absolute Gasteiger partial charge is 0.341 e. The lowest BCUT2D eigenvalue weighted by atomic mass is 10.2. The average Bonchev–Trinajstić information content (AvgIpc) is 3.65. The van der Waals surface area contributed by atoms with Crippen LogP contribution in [0.4, 0.5) is 0 Å². The number of carbonyl (C=O) groups is 2. The van der Waals surface area contributed by atoms with Gasteiger partial charge in [0.1, 0.15) is 5.82 Å². The normalized spacial score (nSPS) is 22.7. The number of carbonyl (C=O) groups excluding carboxylic acids is 2. The fraction of sp³-hybridized carbons (Fsp3) is 0.609. The Labute approximate surface area is 171 Å². The molecule has 1 spiro atoms. The van der Waals surface area contributed by atoms with Crippen LogP contribution in [0.25, 0.3) is 11.0 Å². The van der Waals surface area contributed by atoms with Crippen LogP contribution >= 0.6 is 0 Å². The number of aryl methyl sites for hydroxylation is 2. The number of fused-ring (bicyclic) bond motifs is 1. The average molecular weight is 395 g/mol. The first kappa shape index (κ1) is 18.6. The molecule has 1 aromatic carbocycles. The van der Waals surface area contributed by atoms with Crippen molar-refractivity contribution in [3.63, 3.8) is 0 Å². The lowest BCUT2D eigenvalue weighted by Gasteiger charge is -2.22. The van der Waals surface area contributed by atoms with E-state index in [1.165, 1.54) is 12.8 Å². The van der Waals surface area contributed by atoms with E-state index in [1.54, 1.807) is 0 Å². The van der Waals surface area contributed by atoms with E-state index in [9.17, 15) is 9.59 Å². The highest BCUT2D eigenvalue weighted by molar-refractivity contribution is 5.84. The second kappa shape index (κ2) is 7.15. The third-order valence-corrected chi connectivity index (χ3v) is 7.14. The Balaban J connectivity index is 1.19. The van der Waals surface area contributed by atoms with Crippen molar-refractivity contribution in [2.24, 2.45) is 11.3 Å².